The van der Waals surface area contributed by atoms with Gasteiger partial charge in [0.15, 0.2) is 11.9 Å². The maximum Gasteiger partial charge on any atom is 0.228 e. The number of allylic oxidation sites excluding steroid dienone is 1. The Balaban J connectivity index is 2.08. The van der Waals surface area contributed by atoms with Crippen LogP contribution in [0.2, 0.25) is 0 Å². The first-order valence-corrected chi connectivity index (χ1v) is 10.7. The quantitative estimate of drug-likeness (QED) is 0.442. The molecule has 0 spiro atoms. The van der Waals surface area contributed by atoms with Gasteiger partial charge in [0.25, 0.3) is 0 Å². The molecule has 4 rings (SSSR count). The molecule has 0 atom stereocenters. The lowest BCUT2D eigenvalue weighted by Crippen LogP contribution is -2.48. The average Bonchev–Trinajstić information content (AvgIpc) is 3.08. The van der Waals surface area contributed by atoms with Crippen LogP contribution in [-0.2, 0) is 11.8 Å². The Bertz CT molecular complexity index is 975. The minimum absolute atomic E-state index is 0.0238. The van der Waals surface area contributed by atoms with Gasteiger partial charge in [-0.15, -0.1) is 11.3 Å². The number of rotatable bonds is 5. The minimum Gasteiger partial charge on any atom is -0.163 e. The SMILES string of the molecule is C=C1[n+]2ccccc2-c2sc3c(CCCC)cccc3c2C1(CC)CC. The predicted molar refractivity (Wildman–Crippen MR) is 114 cm³/mol. The van der Waals surface area contributed by atoms with Gasteiger partial charge >= 0.3 is 0 Å². The lowest BCUT2D eigenvalue weighted by atomic mass is 9.70. The van der Waals surface area contributed by atoms with E-state index in [1.807, 2.05) is 11.3 Å². The molecule has 2 aromatic heterocycles. The lowest BCUT2D eigenvalue weighted by molar-refractivity contribution is -0.577. The maximum atomic E-state index is 4.58. The van der Waals surface area contributed by atoms with Gasteiger partial charge in [-0.3, -0.25) is 0 Å². The molecule has 2 heteroatoms. The summed E-state index contributed by atoms with van der Waals surface area (Å²) in [5.74, 6) is 0. The molecule has 0 fully saturated rings. The summed E-state index contributed by atoms with van der Waals surface area (Å²) in [4.78, 5) is 1.45. The van der Waals surface area contributed by atoms with Crippen molar-refractivity contribution in [2.75, 3.05) is 0 Å². The van der Waals surface area contributed by atoms with Gasteiger partial charge in [0, 0.05) is 22.4 Å². The highest BCUT2D eigenvalue weighted by molar-refractivity contribution is 7.22. The fraction of sp³-hybridized carbons (Fsp3) is 0.375. The number of unbranched alkanes of at least 4 members (excludes halogenated alkanes) is 1. The van der Waals surface area contributed by atoms with Crippen LogP contribution in [0, 0.1) is 0 Å². The molecule has 1 nitrogen and oxygen atoms in total. The molecule has 0 radical (unpaired) electrons. The molecule has 0 saturated carbocycles. The average molecular weight is 363 g/mol. The summed E-state index contributed by atoms with van der Waals surface area (Å²) < 4.78 is 3.82. The summed E-state index contributed by atoms with van der Waals surface area (Å²) in [6, 6.07) is 13.4. The second kappa shape index (κ2) is 6.66. The third-order valence-electron chi connectivity index (χ3n) is 6.22. The van der Waals surface area contributed by atoms with Crippen molar-refractivity contribution in [2.24, 2.45) is 0 Å². The van der Waals surface area contributed by atoms with Gasteiger partial charge in [0.05, 0.1) is 5.41 Å². The first-order valence-electron chi connectivity index (χ1n) is 9.93. The molecule has 134 valence electrons. The van der Waals surface area contributed by atoms with Crippen LogP contribution in [0.3, 0.4) is 0 Å². The molecule has 3 aromatic rings. The summed E-state index contributed by atoms with van der Waals surface area (Å²) in [5.41, 5.74) is 5.59. The topological polar surface area (TPSA) is 3.88 Å². The molecule has 26 heavy (non-hydrogen) atoms. The smallest absolute Gasteiger partial charge is 0.163 e. The van der Waals surface area contributed by atoms with Crippen LogP contribution in [0.15, 0.2) is 49.2 Å². The summed E-state index contributed by atoms with van der Waals surface area (Å²) in [6.45, 7) is 11.5. The number of thiophene rings is 1. The summed E-state index contributed by atoms with van der Waals surface area (Å²) in [6.07, 6.45) is 8.03. The van der Waals surface area contributed by atoms with Crippen molar-refractivity contribution in [1.82, 2.24) is 0 Å². The second-order valence-electron chi connectivity index (χ2n) is 7.40. The zero-order chi connectivity index (χ0) is 18.3. The Kier molecular flexibility index (Phi) is 4.48. The van der Waals surface area contributed by atoms with Crippen LogP contribution in [0.4, 0.5) is 0 Å². The number of aromatic nitrogens is 1. The molecule has 0 saturated heterocycles. The molecule has 0 aliphatic carbocycles. The molecule has 1 aromatic carbocycles. The minimum atomic E-state index is 0.0238. The van der Waals surface area contributed by atoms with Crippen molar-refractivity contribution in [3.8, 4) is 10.6 Å². The zero-order valence-electron chi connectivity index (χ0n) is 16.1. The van der Waals surface area contributed by atoms with Gasteiger partial charge in [-0.05, 0) is 49.3 Å². The van der Waals surface area contributed by atoms with Crippen LogP contribution < -0.4 is 4.57 Å². The van der Waals surface area contributed by atoms with E-state index < -0.39 is 0 Å². The van der Waals surface area contributed by atoms with Gasteiger partial charge in [-0.25, -0.2) is 0 Å². The van der Waals surface area contributed by atoms with Crippen molar-refractivity contribution in [3.05, 3.63) is 60.3 Å². The van der Waals surface area contributed by atoms with E-state index in [0.717, 1.165) is 12.8 Å². The van der Waals surface area contributed by atoms with E-state index in [9.17, 15) is 0 Å². The van der Waals surface area contributed by atoms with Crippen molar-refractivity contribution in [3.63, 3.8) is 0 Å². The normalized spacial score (nSPS) is 15.1. The van der Waals surface area contributed by atoms with Crippen molar-refractivity contribution < 1.29 is 4.57 Å². The Hall–Kier alpha value is -1.93. The zero-order valence-corrected chi connectivity index (χ0v) is 17.0. The Labute approximate surface area is 161 Å². The van der Waals surface area contributed by atoms with Crippen LogP contribution >= 0.6 is 11.3 Å². The van der Waals surface area contributed by atoms with Crippen molar-refractivity contribution in [1.29, 1.82) is 0 Å². The monoisotopic (exact) mass is 362 g/mol. The number of pyridine rings is 1. The Morgan fingerprint density at radius 2 is 1.85 bits per heavy atom. The summed E-state index contributed by atoms with van der Waals surface area (Å²) in [5, 5.41) is 1.46. The van der Waals surface area contributed by atoms with Gasteiger partial charge in [-0.1, -0.05) is 45.4 Å². The van der Waals surface area contributed by atoms with Crippen LogP contribution in [0.5, 0.6) is 0 Å². The highest BCUT2D eigenvalue weighted by atomic mass is 32.1. The first-order chi connectivity index (χ1) is 12.7. The van der Waals surface area contributed by atoms with Gasteiger partial charge < -0.3 is 0 Å². The largest absolute Gasteiger partial charge is 0.228 e. The van der Waals surface area contributed by atoms with E-state index >= 15 is 0 Å². The van der Waals surface area contributed by atoms with Gasteiger partial charge in [0.2, 0.25) is 5.69 Å². The van der Waals surface area contributed by atoms with Crippen molar-refractivity contribution >= 4 is 27.1 Å². The molecular weight excluding hydrogens is 334 g/mol. The number of nitrogens with zero attached hydrogens (tertiary/aromatic N) is 1. The fourth-order valence-electron chi connectivity index (χ4n) is 4.65. The molecule has 0 unspecified atom stereocenters. The highest BCUT2D eigenvalue weighted by Crippen LogP contribution is 2.53. The summed E-state index contributed by atoms with van der Waals surface area (Å²) >= 11 is 1.99. The van der Waals surface area contributed by atoms with Crippen molar-refractivity contribution in [2.45, 2.75) is 58.3 Å². The van der Waals surface area contributed by atoms with Gasteiger partial charge in [0.1, 0.15) is 4.88 Å². The fourth-order valence-corrected chi connectivity index (χ4v) is 6.11. The Morgan fingerprint density at radius 3 is 2.58 bits per heavy atom. The molecular formula is C24H28NS+. The van der Waals surface area contributed by atoms with Gasteiger partial charge in [-0.2, -0.15) is 4.57 Å². The van der Waals surface area contributed by atoms with E-state index in [-0.39, 0.29) is 5.41 Å². The maximum absolute atomic E-state index is 4.58. The molecule has 0 amide bonds. The van der Waals surface area contributed by atoms with Crippen LogP contribution in [-0.4, -0.2) is 0 Å². The number of hydrogen-bond acceptors (Lipinski definition) is 1. The van der Waals surface area contributed by atoms with E-state index in [1.165, 1.54) is 56.7 Å². The Morgan fingerprint density at radius 1 is 1.04 bits per heavy atom. The second-order valence-corrected chi connectivity index (χ2v) is 8.42. The molecule has 1 aliphatic rings. The highest BCUT2D eigenvalue weighted by Gasteiger charge is 2.47. The summed E-state index contributed by atoms with van der Waals surface area (Å²) in [7, 11) is 0. The van der Waals surface area contributed by atoms with Crippen LogP contribution in [0.1, 0.15) is 57.6 Å². The third kappa shape index (κ3) is 2.31. The molecule has 0 bridgehead atoms. The third-order valence-corrected chi connectivity index (χ3v) is 7.52. The van der Waals surface area contributed by atoms with Crippen LogP contribution in [0.25, 0.3) is 26.4 Å². The van der Waals surface area contributed by atoms with E-state index in [4.69, 9.17) is 0 Å². The number of aryl methyl sites for hydroxylation is 1. The predicted octanol–water partition coefficient (Wildman–Crippen LogP) is 6.74. The number of hydrogen-bond donors (Lipinski definition) is 0. The molecule has 3 heterocycles. The number of benzene rings is 1. The standard InChI is InChI=1S/C24H28NS/c1-5-8-12-18-13-11-14-19-21-23(26-22(18)19)20-15-9-10-16-25(20)17(4)24(21,6-2)7-3/h9-11,13-16H,4-8,12H2,1-3H3/q+1. The molecule has 1 aliphatic heterocycles. The van der Waals surface area contributed by atoms with E-state index in [2.05, 4.69) is 74.5 Å². The number of fused-ring (bicyclic) bond motifs is 5. The lowest BCUT2D eigenvalue weighted by Gasteiger charge is -2.34. The van der Waals surface area contributed by atoms with E-state index in [0.29, 0.717) is 0 Å². The van der Waals surface area contributed by atoms with E-state index in [1.54, 1.807) is 0 Å². The molecule has 0 N–H and O–H groups in total. The first kappa shape index (κ1) is 17.5.